The Kier molecular flexibility index (Phi) is 4.67. The predicted molar refractivity (Wildman–Crippen MR) is 81.7 cm³/mol. The van der Waals surface area contributed by atoms with Gasteiger partial charge in [0, 0.05) is 16.4 Å². The van der Waals surface area contributed by atoms with E-state index < -0.39 is 5.97 Å². The fourth-order valence-corrected chi connectivity index (χ4v) is 3.44. The van der Waals surface area contributed by atoms with Crippen molar-refractivity contribution in [3.8, 4) is 0 Å². The number of rotatable bonds is 3. The van der Waals surface area contributed by atoms with E-state index in [1.807, 2.05) is 6.92 Å². The van der Waals surface area contributed by atoms with E-state index in [9.17, 15) is 9.90 Å². The molecule has 0 radical (unpaired) electrons. The lowest BCUT2D eigenvalue weighted by atomic mass is 10.1. The zero-order valence-corrected chi connectivity index (χ0v) is 13.8. The molecule has 4 nitrogen and oxygen atoms in total. The SMILES string of the molecule is Cc1cc(C)c(C(=O)O)c(Sc2ncc(Br)cc2Cl)n1. The van der Waals surface area contributed by atoms with Gasteiger partial charge in [-0.05, 0) is 59.2 Å². The van der Waals surface area contributed by atoms with Crippen LogP contribution in [0.5, 0.6) is 0 Å². The number of halogens is 2. The van der Waals surface area contributed by atoms with Crippen LogP contribution < -0.4 is 0 Å². The lowest BCUT2D eigenvalue weighted by Crippen LogP contribution is -2.05. The van der Waals surface area contributed by atoms with E-state index in [2.05, 4.69) is 25.9 Å². The van der Waals surface area contributed by atoms with Gasteiger partial charge in [-0.2, -0.15) is 0 Å². The van der Waals surface area contributed by atoms with Crippen LogP contribution in [0.3, 0.4) is 0 Å². The van der Waals surface area contributed by atoms with Gasteiger partial charge in [0.25, 0.3) is 0 Å². The average Bonchev–Trinajstić information content (AvgIpc) is 2.31. The van der Waals surface area contributed by atoms with Crippen molar-refractivity contribution in [2.75, 3.05) is 0 Å². The Morgan fingerprint density at radius 1 is 1.35 bits per heavy atom. The second kappa shape index (κ2) is 6.11. The van der Waals surface area contributed by atoms with Gasteiger partial charge in [0.1, 0.15) is 10.1 Å². The summed E-state index contributed by atoms with van der Waals surface area (Å²) in [5.41, 5.74) is 1.60. The molecule has 0 bridgehead atoms. The molecule has 0 amide bonds. The molecule has 0 aliphatic rings. The van der Waals surface area contributed by atoms with E-state index in [0.717, 1.165) is 21.9 Å². The number of hydrogen-bond donors (Lipinski definition) is 1. The zero-order chi connectivity index (χ0) is 14.9. The molecule has 0 saturated carbocycles. The predicted octanol–water partition coefficient (Wildman–Crippen LogP) is 4.36. The monoisotopic (exact) mass is 372 g/mol. The van der Waals surface area contributed by atoms with Crippen LogP contribution in [-0.4, -0.2) is 21.0 Å². The molecule has 0 atom stereocenters. The molecule has 2 rings (SSSR count). The number of nitrogens with zero attached hydrogens (tertiary/aromatic N) is 2. The first-order valence-corrected chi connectivity index (χ1v) is 7.57. The summed E-state index contributed by atoms with van der Waals surface area (Å²) in [5, 5.41) is 10.7. The van der Waals surface area contributed by atoms with Gasteiger partial charge in [0.05, 0.1) is 10.6 Å². The maximum absolute atomic E-state index is 11.4. The van der Waals surface area contributed by atoms with Crippen molar-refractivity contribution in [1.82, 2.24) is 9.97 Å². The van der Waals surface area contributed by atoms with Crippen LogP contribution in [0.15, 0.2) is 32.9 Å². The van der Waals surface area contributed by atoms with Gasteiger partial charge < -0.3 is 5.11 Å². The van der Waals surface area contributed by atoms with Gasteiger partial charge in [-0.3, -0.25) is 0 Å². The Balaban J connectivity index is 2.50. The minimum absolute atomic E-state index is 0.182. The summed E-state index contributed by atoms with van der Waals surface area (Å²) >= 11 is 10.5. The molecule has 0 aromatic carbocycles. The minimum atomic E-state index is -1.01. The number of pyridine rings is 2. The molecule has 1 N–H and O–H groups in total. The fraction of sp³-hybridized carbons (Fsp3) is 0.154. The summed E-state index contributed by atoms with van der Waals surface area (Å²) in [6.45, 7) is 3.57. The molecular formula is C13H10BrClN2O2S. The zero-order valence-electron chi connectivity index (χ0n) is 10.6. The minimum Gasteiger partial charge on any atom is -0.478 e. The summed E-state index contributed by atoms with van der Waals surface area (Å²) in [6, 6.07) is 3.45. The molecule has 0 unspecified atom stereocenters. The Morgan fingerprint density at radius 2 is 2.05 bits per heavy atom. The number of carboxylic acid groups (broad SMARTS) is 1. The second-order valence-electron chi connectivity index (χ2n) is 4.11. The molecular weight excluding hydrogens is 364 g/mol. The lowest BCUT2D eigenvalue weighted by Gasteiger charge is -2.09. The molecule has 0 spiro atoms. The molecule has 2 aromatic rings. The summed E-state index contributed by atoms with van der Waals surface area (Å²) in [6.07, 6.45) is 1.61. The standard InChI is InChI=1S/C13H10BrClN2O2S/c1-6-3-7(2)17-12(10(6)13(18)19)20-11-9(15)4-8(14)5-16-11/h3-5H,1-2H3,(H,18,19). The van der Waals surface area contributed by atoms with Gasteiger partial charge in [0.15, 0.2) is 0 Å². The number of carbonyl (C=O) groups is 1. The van der Waals surface area contributed by atoms with Crippen LogP contribution in [0.4, 0.5) is 0 Å². The Hall–Kier alpha value is -1.11. The third kappa shape index (κ3) is 3.31. The van der Waals surface area contributed by atoms with Gasteiger partial charge in [-0.25, -0.2) is 14.8 Å². The summed E-state index contributed by atoms with van der Waals surface area (Å²) in [7, 11) is 0. The van der Waals surface area contributed by atoms with Gasteiger partial charge in [-0.15, -0.1) is 0 Å². The third-order valence-corrected chi connectivity index (χ3v) is 4.33. The molecule has 2 heterocycles. The normalized spacial score (nSPS) is 10.6. The van der Waals surface area contributed by atoms with E-state index in [-0.39, 0.29) is 5.56 Å². The van der Waals surface area contributed by atoms with Crippen LogP contribution in [-0.2, 0) is 0 Å². The smallest absolute Gasteiger partial charge is 0.338 e. The van der Waals surface area contributed by atoms with Crippen LogP contribution >= 0.6 is 39.3 Å². The highest BCUT2D eigenvalue weighted by Gasteiger charge is 2.18. The van der Waals surface area contributed by atoms with E-state index in [0.29, 0.717) is 20.6 Å². The molecule has 7 heteroatoms. The van der Waals surface area contributed by atoms with Crippen molar-refractivity contribution >= 4 is 45.3 Å². The van der Waals surface area contributed by atoms with Crippen LogP contribution in [0.2, 0.25) is 5.02 Å². The molecule has 104 valence electrons. The number of hydrogen-bond acceptors (Lipinski definition) is 4. The first kappa shape index (κ1) is 15.3. The van der Waals surface area contributed by atoms with Gasteiger partial charge in [-0.1, -0.05) is 11.6 Å². The summed E-state index contributed by atoms with van der Waals surface area (Å²) < 4.78 is 0.763. The fourth-order valence-electron chi connectivity index (χ4n) is 1.71. The number of aromatic nitrogens is 2. The van der Waals surface area contributed by atoms with Crippen molar-refractivity contribution in [1.29, 1.82) is 0 Å². The average molecular weight is 374 g/mol. The molecule has 0 saturated heterocycles. The highest BCUT2D eigenvalue weighted by atomic mass is 79.9. The maximum atomic E-state index is 11.4. The van der Waals surface area contributed by atoms with E-state index in [1.54, 1.807) is 25.3 Å². The topological polar surface area (TPSA) is 63.1 Å². The highest BCUT2D eigenvalue weighted by Crippen LogP contribution is 2.34. The molecule has 0 aliphatic heterocycles. The number of aromatic carboxylic acids is 1. The Labute approximate surface area is 133 Å². The van der Waals surface area contributed by atoms with E-state index >= 15 is 0 Å². The Bertz CT molecular complexity index is 694. The first-order chi connectivity index (χ1) is 9.38. The maximum Gasteiger partial charge on any atom is 0.338 e. The van der Waals surface area contributed by atoms with Crippen molar-refractivity contribution in [2.24, 2.45) is 0 Å². The first-order valence-electron chi connectivity index (χ1n) is 5.59. The Morgan fingerprint density at radius 3 is 2.65 bits per heavy atom. The second-order valence-corrected chi connectivity index (χ2v) is 6.41. The highest BCUT2D eigenvalue weighted by molar-refractivity contribution is 9.10. The van der Waals surface area contributed by atoms with Crippen LogP contribution in [0, 0.1) is 13.8 Å². The molecule has 0 aliphatic carbocycles. The van der Waals surface area contributed by atoms with Crippen LogP contribution in [0.25, 0.3) is 0 Å². The quantitative estimate of drug-likeness (QED) is 0.866. The van der Waals surface area contributed by atoms with Crippen LogP contribution in [0.1, 0.15) is 21.6 Å². The van der Waals surface area contributed by atoms with Crippen molar-refractivity contribution < 1.29 is 9.90 Å². The van der Waals surface area contributed by atoms with Crippen molar-refractivity contribution in [2.45, 2.75) is 23.9 Å². The van der Waals surface area contributed by atoms with Gasteiger partial charge >= 0.3 is 5.97 Å². The van der Waals surface area contributed by atoms with E-state index in [4.69, 9.17) is 11.6 Å². The number of aryl methyl sites for hydroxylation is 2. The van der Waals surface area contributed by atoms with Crippen molar-refractivity contribution in [3.63, 3.8) is 0 Å². The summed E-state index contributed by atoms with van der Waals surface area (Å²) in [4.78, 5) is 19.8. The molecule has 0 fully saturated rings. The summed E-state index contributed by atoms with van der Waals surface area (Å²) in [5.74, 6) is -1.01. The van der Waals surface area contributed by atoms with E-state index in [1.165, 1.54) is 0 Å². The third-order valence-electron chi connectivity index (χ3n) is 2.49. The van der Waals surface area contributed by atoms with Crippen molar-refractivity contribution in [3.05, 3.63) is 44.6 Å². The largest absolute Gasteiger partial charge is 0.478 e. The molecule has 2 aromatic heterocycles. The lowest BCUT2D eigenvalue weighted by molar-refractivity contribution is 0.0691. The number of carboxylic acids is 1. The van der Waals surface area contributed by atoms with Gasteiger partial charge in [0.2, 0.25) is 0 Å². The molecule has 20 heavy (non-hydrogen) atoms.